The monoisotopic (exact) mass is 260 g/mol. The Bertz CT molecular complexity index is 510. The van der Waals surface area contributed by atoms with Crippen molar-refractivity contribution in [1.82, 2.24) is 0 Å². The molecule has 0 fully saturated rings. The summed E-state index contributed by atoms with van der Waals surface area (Å²) in [7, 11) is 0. The molecule has 1 aliphatic rings. The van der Waals surface area contributed by atoms with Gasteiger partial charge in [0.05, 0.1) is 15.9 Å². The van der Waals surface area contributed by atoms with Crippen molar-refractivity contribution in [3.63, 3.8) is 0 Å². The lowest BCUT2D eigenvalue weighted by Gasteiger charge is -2.24. The minimum Gasteiger partial charge on any atom is -0.498 e. The van der Waals surface area contributed by atoms with Gasteiger partial charge in [0.1, 0.15) is 5.92 Å². The van der Waals surface area contributed by atoms with E-state index in [1.807, 2.05) is 0 Å². The summed E-state index contributed by atoms with van der Waals surface area (Å²) in [5.74, 6) is -2.74. The molecule has 0 aromatic rings. The van der Waals surface area contributed by atoms with Crippen molar-refractivity contribution in [1.29, 1.82) is 0 Å². The molecule has 0 radical (unpaired) electrons. The topological polar surface area (TPSA) is 176 Å². The second-order valence-corrected chi connectivity index (χ2v) is 3.64. The van der Waals surface area contributed by atoms with Gasteiger partial charge in [-0.25, -0.2) is 0 Å². The predicted octanol–water partition coefficient (Wildman–Crippen LogP) is -0.225. The van der Waals surface area contributed by atoms with E-state index in [2.05, 4.69) is 0 Å². The Morgan fingerprint density at radius 3 is 2.11 bits per heavy atom. The van der Waals surface area contributed by atoms with Crippen LogP contribution in [0, 0.1) is 36.3 Å². The third kappa shape index (κ3) is 1.75. The molecule has 0 saturated carbocycles. The van der Waals surface area contributed by atoms with E-state index in [-0.39, 0.29) is 0 Å². The predicted molar refractivity (Wildman–Crippen MR) is 54.8 cm³/mol. The Morgan fingerprint density at radius 2 is 1.78 bits per heavy atom. The standard InChI is InChI=1S/C7H8N4O7/c1-3-5(10(15)16)6(12)4(9(13)14)2-7(3,8)11(17)18/h2-3,12H,8H2,1H3. The molecule has 1 aliphatic carbocycles. The first-order valence-corrected chi connectivity index (χ1v) is 4.51. The quantitative estimate of drug-likeness (QED) is 0.397. The normalized spacial score (nSPS) is 27.7. The second kappa shape index (κ2) is 4.03. The largest absolute Gasteiger partial charge is 0.498 e. The van der Waals surface area contributed by atoms with Gasteiger partial charge in [-0.2, -0.15) is 0 Å². The van der Waals surface area contributed by atoms with Gasteiger partial charge in [0.2, 0.25) is 0 Å². The Hall–Kier alpha value is -2.56. The third-order valence-corrected chi connectivity index (χ3v) is 2.67. The number of nitrogens with two attached hydrogens (primary N) is 1. The summed E-state index contributed by atoms with van der Waals surface area (Å²) in [5.41, 5.74) is 0.611. The van der Waals surface area contributed by atoms with E-state index in [1.54, 1.807) is 0 Å². The van der Waals surface area contributed by atoms with Crippen LogP contribution in [0.3, 0.4) is 0 Å². The van der Waals surface area contributed by atoms with E-state index >= 15 is 0 Å². The average Bonchev–Trinajstić information content (AvgIpc) is 2.22. The summed E-state index contributed by atoms with van der Waals surface area (Å²) in [4.78, 5) is 28.8. The lowest BCUT2D eigenvalue weighted by atomic mass is 9.86. The van der Waals surface area contributed by atoms with Crippen molar-refractivity contribution in [2.45, 2.75) is 12.6 Å². The lowest BCUT2D eigenvalue weighted by Crippen LogP contribution is -2.55. The molecular formula is C7H8N4O7. The van der Waals surface area contributed by atoms with Crippen LogP contribution in [0.2, 0.25) is 0 Å². The number of aliphatic hydroxyl groups is 1. The molecule has 2 atom stereocenters. The first-order chi connectivity index (χ1) is 8.12. The van der Waals surface area contributed by atoms with E-state index in [0.717, 1.165) is 6.92 Å². The summed E-state index contributed by atoms with van der Waals surface area (Å²) in [6.07, 6.45) is 0.403. The van der Waals surface area contributed by atoms with Crippen LogP contribution in [0.25, 0.3) is 0 Å². The summed E-state index contributed by atoms with van der Waals surface area (Å²) >= 11 is 0. The zero-order valence-electron chi connectivity index (χ0n) is 8.97. The summed E-state index contributed by atoms with van der Waals surface area (Å²) in [5, 5.41) is 41.5. The van der Waals surface area contributed by atoms with Crippen LogP contribution in [0.15, 0.2) is 23.2 Å². The Balaban J connectivity index is 3.57. The lowest BCUT2D eigenvalue weighted by molar-refractivity contribution is -0.574. The minimum atomic E-state index is -2.52. The van der Waals surface area contributed by atoms with E-state index < -0.39 is 43.5 Å². The van der Waals surface area contributed by atoms with Crippen LogP contribution < -0.4 is 5.73 Å². The number of nitrogens with zero attached hydrogens (tertiary/aromatic N) is 3. The summed E-state index contributed by atoms with van der Waals surface area (Å²) in [6, 6.07) is 0. The molecular weight excluding hydrogens is 252 g/mol. The van der Waals surface area contributed by atoms with Gasteiger partial charge < -0.3 is 5.11 Å². The molecule has 0 heterocycles. The minimum absolute atomic E-state index is 0.403. The molecule has 0 aromatic carbocycles. The van der Waals surface area contributed by atoms with Gasteiger partial charge in [-0.15, -0.1) is 0 Å². The van der Waals surface area contributed by atoms with Gasteiger partial charge in [-0.1, -0.05) is 0 Å². The van der Waals surface area contributed by atoms with Crippen molar-refractivity contribution in [3.8, 4) is 0 Å². The first kappa shape index (κ1) is 13.5. The molecule has 0 amide bonds. The fourth-order valence-electron chi connectivity index (χ4n) is 1.56. The molecule has 1 rings (SSSR count). The zero-order valence-corrected chi connectivity index (χ0v) is 8.97. The number of aliphatic hydroxyl groups excluding tert-OH is 1. The van der Waals surface area contributed by atoms with E-state index in [0.29, 0.717) is 6.08 Å². The second-order valence-electron chi connectivity index (χ2n) is 3.64. The van der Waals surface area contributed by atoms with Crippen molar-refractivity contribution in [3.05, 3.63) is 53.6 Å². The molecule has 0 aliphatic heterocycles. The molecule has 98 valence electrons. The maximum absolute atomic E-state index is 10.8. The van der Waals surface area contributed by atoms with Crippen molar-refractivity contribution in [2.75, 3.05) is 0 Å². The molecule has 0 saturated heterocycles. The molecule has 0 spiro atoms. The van der Waals surface area contributed by atoms with Crippen LogP contribution >= 0.6 is 0 Å². The van der Waals surface area contributed by atoms with E-state index in [4.69, 9.17) is 5.73 Å². The smallest absolute Gasteiger partial charge is 0.322 e. The molecule has 11 heteroatoms. The van der Waals surface area contributed by atoms with Crippen LogP contribution in [0.4, 0.5) is 0 Å². The maximum Gasteiger partial charge on any atom is 0.322 e. The van der Waals surface area contributed by atoms with Crippen LogP contribution in [0.1, 0.15) is 6.92 Å². The third-order valence-electron chi connectivity index (χ3n) is 2.67. The summed E-state index contributed by atoms with van der Waals surface area (Å²) < 4.78 is 0. The molecule has 18 heavy (non-hydrogen) atoms. The maximum atomic E-state index is 10.8. The zero-order chi connectivity index (χ0) is 14.2. The van der Waals surface area contributed by atoms with Gasteiger partial charge in [0, 0.05) is 4.92 Å². The average molecular weight is 260 g/mol. The van der Waals surface area contributed by atoms with Gasteiger partial charge in [-0.3, -0.25) is 36.1 Å². The highest BCUT2D eigenvalue weighted by Gasteiger charge is 2.57. The first-order valence-electron chi connectivity index (χ1n) is 4.51. The van der Waals surface area contributed by atoms with Crippen molar-refractivity contribution in [2.24, 2.45) is 11.7 Å². The van der Waals surface area contributed by atoms with Gasteiger partial charge in [0.25, 0.3) is 5.76 Å². The number of hydrogen-bond donors (Lipinski definition) is 2. The van der Waals surface area contributed by atoms with Crippen LogP contribution in [-0.4, -0.2) is 25.5 Å². The van der Waals surface area contributed by atoms with Crippen LogP contribution in [-0.2, 0) is 0 Å². The SMILES string of the molecule is CC1C([N+](=O)[O-])=C(O)C([N+](=O)[O-])=CC1(N)[N+](=O)[O-]. The highest BCUT2D eigenvalue weighted by molar-refractivity contribution is 5.32. The fraction of sp³-hybridized carbons (Fsp3) is 0.429. The number of rotatable bonds is 3. The van der Waals surface area contributed by atoms with Gasteiger partial charge >= 0.3 is 17.1 Å². The fourth-order valence-corrected chi connectivity index (χ4v) is 1.56. The molecule has 0 aromatic heterocycles. The van der Waals surface area contributed by atoms with Crippen molar-refractivity contribution >= 4 is 0 Å². The van der Waals surface area contributed by atoms with Crippen LogP contribution in [0.5, 0.6) is 0 Å². The van der Waals surface area contributed by atoms with Gasteiger partial charge in [-0.05, 0) is 6.92 Å². The van der Waals surface area contributed by atoms with Crippen molar-refractivity contribution < 1.29 is 19.9 Å². The van der Waals surface area contributed by atoms with Gasteiger partial charge in [0.15, 0.2) is 0 Å². The molecule has 0 bridgehead atoms. The molecule has 3 N–H and O–H groups in total. The Kier molecular flexibility index (Phi) is 3.02. The van der Waals surface area contributed by atoms with E-state index in [9.17, 15) is 35.4 Å². The number of nitro groups is 3. The Morgan fingerprint density at radius 1 is 1.28 bits per heavy atom. The Labute approximate surface area is 98.6 Å². The highest BCUT2D eigenvalue weighted by Crippen LogP contribution is 2.35. The highest BCUT2D eigenvalue weighted by atomic mass is 16.6. The number of hydrogen-bond acceptors (Lipinski definition) is 8. The van der Waals surface area contributed by atoms with E-state index in [1.165, 1.54) is 0 Å². The summed E-state index contributed by atoms with van der Waals surface area (Å²) in [6.45, 7) is 1.03. The molecule has 2 unspecified atom stereocenters. The molecule has 11 nitrogen and oxygen atoms in total.